The normalized spacial score (nSPS) is 10.0. The molecule has 0 radical (unpaired) electrons. The lowest BCUT2D eigenvalue weighted by Gasteiger charge is -2.10. The van der Waals surface area contributed by atoms with E-state index in [1.165, 1.54) is 14.2 Å². The van der Waals surface area contributed by atoms with Crippen molar-refractivity contribution < 1.29 is 23.9 Å². The lowest BCUT2D eigenvalue weighted by atomic mass is 10.1. The van der Waals surface area contributed by atoms with Crippen LogP contribution in [0.25, 0.3) is 0 Å². The molecule has 0 saturated carbocycles. The largest absolute Gasteiger partial charge is 0.496 e. The number of hydrogen-bond donors (Lipinski definition) is 2. The molecule has 27 heavy (non-hydrogen) atoms. The van der Waals surface area contributed by atoms with Gasteiger partial charge >= 0.3 is 5.97 Å². The SMILES string of the molecule is CNC(=O)c1ccc(NC(=O)COC(=O)Cc2cc(Cl)ccc2OC)cc1. The van der Waals surface area contributed by atoms with Crippen molar-refractivity contribution in [1.82, 2.24) is 5.32 Å². The van der Waals surface area contributed by atoms with Crippen molar-refractivity contribution in [2.24, 2.45) is 0 Å². The van der Waals surface area contributed by atoms with Gasteiger partial charge in [0.25, 0.3) is 11.8 Å². The first-order valence-corrected chi connectivity index (χ1v) is 8.40. The highest BCUT2D eigenvalue weighted by atomic mass is 35.5. The third-order valence-corrected chi connectivity index (χ3v) is 3.83. The van der Waals surface area contributed by atoms with Crippen LogP contribution in [0.3, 0.4) is 0 Å². The Morgan fingerprint density at radius 1 is 1.07 bits per heavy atom. The zero-order chi connectivity index (χ0) is 19.8. The number of benzene rings is 2. The molecule has 0 aliphatic heterocycles. The highest BCUT2D eigenvalue weighted by Crippen LogP contribution is 2.23. The zero-order valence-electron chi connectivity index (χ0n) is 14.9. The summed E-state index contributed by atoms with van der Waals surface area (Å²) in [4.78, 5) is 35.3. The quantitative estimate of drug-likeness (QED) is 0.708. The molecule has 2 aromatic rings. The summed E-state index contributed by atoms with van der Waals surface area (Å²) in [5.74, 6) is -0.787. The summed E-state index contributed by atoms with van der Waals surface area (Å²) in [6.45, 7) is -0.432. The predicted octanol–water partition coefficient (Wildman–Crippen LogP) is 2.43. The van der Waals surface area contributed by atoms with Crippen LogP contribution in [0.2, 0.25) is 5.02 Å². The molecule has 142 valence electrons. The molecular formula is C19H19ClN2O5. The smallest absolute Gasteiger partial charge is 0.310 e. The van der Waals surface area contributed by atoms with Gasteiger partial charge in [-0.15, -0.1) is 0 Å². The molecular weight excluding hydrogens is 372 g/mol. The molecule has 0 saturated heterocycles. The molecule has 0 fully saturated rings. The number of carbonyl (C=O) groups excluding carboxylic acids is 3. The van der Waals surface area contributed by atoms with E-state index < -0.39 is 18.5 Å². The number of anilines is 1. The molecule has 2 amide bonds. The van der Waals surface area contributed by atoms with E-state index in [2.05, 4.69) is 10.6 Å². The highest BCUT2D eigenvalue weighted by molar-refractivity contribution is 6.30. The van der Waals surface area contributed by atoms with Crippen LogP contribution in [0.15, 0.2) is 42.5 Å². The fraction of sp³-hybridized carbons (Fsp3) is 0.211. The second kappa shape index (κ2) is 9.59. The van der Waals surface area contributed by atoms with E-state index in [0.717, 1.165) is 0 Å². The van der Waals surface area contributed by atoms with Gasteiger partial charge in [0.2, 0.25) is 0 Å². The first-order valence-electron chi connectivity index (χ1n) is 8.03. The van der Waals surface area contributed by atoms with E-state index in [9.17, 15) is 14.4 Å². The minimum Gasteiger partial charge on any atom is -0.496 e. The Kier molecular flexibility index (Phi) is 7.19. The highest BCUT2D eigenvalue weighted by Gasteiger charge is 2.13. The van der Waals surface area contributed by atoms with Crippen LogP contribution in [0.1, 0.15) is 15.9 Å². The van der Waals surface area contributed by atoms with Crippen molar-refractivity contribution in [3.63, 3.8) is 0 Å². The number of carbonyl (C=O) groups is 3. The number of methoxy groups -OCH3 is 1. The summed E-state index contributed by atoms with van der Waals surface area (Å²) in [7, 11) is 3.02. The fourth-order valence-electron chi connectivity index (χ4n) is 2.28. The first kappa shape index (κ1) is 20.3. The number of esters is 1. The van der Waals surface area contributed by atoms with Crippen LogP contribution in [-0.4, -0.2) is 38.5 Å². The molecule has 2 aromatic carbocycles. The molecule has 0 unspecified atom stereocenters. The minimum atomic E-state index is -0.583. The molecule has 0 aliphatic carbocycles. The van der Waals surface area contributed by atoms with Gasteiger partial charge in [0.1, 0.15) is 5.75 Å². The third-order valence-electron chi connectivity index (χ3n) is 3.60. The molecule has 0 bridgehead atoms. The van der Waals surface area contributed by atoms with Crippen molar-refractivity contribution in [1.29, 1.82) is 0 Å². The molecule has 0 spiro atoms. The molecule has 0 aromatic heterocycles. The Morgan fingerprint density at radius 2 is 1.78 bits per heavy atom. The van der Waals surface area contributed by atoms with Crippen molar-refractivity contribution in [2.45, 2.75) is 6.42 Å². The van der Waals surface area contributed by atoms with Crippen LogP contribution in [-0.2, 0) is 20.7 Å². The Morgan fingerprint density at radius 3 is 2.41 bits per heavy atom. The van der Waals surface area contributed by atoms with Gasteiger partial charge in [-0.2, -0.15) is 0 Å². The van der Waals surface area contributed by atoms with Crippen LogP contribution in [0.5, 0.6) is 5.75 Å². The standard InChI is InChI=1S/C19H19ClN2O5/c1-21-19(25)12-3-6-15(7-4-12)22-17(23)11-27-18(24)10-13-9-14(20)5-8-16(13)26-2/h3-9H,10-11H2,1-2H3,(H,21,25)(H,22,23). The second-order valence-corrected chi connectivity index (χ2v) is 5.93. The number of nitrogens with one attached hydrogen (secondary N) is 2. The fourth-order valence-corrected chi connectivity index (χ4v) is 2.48. The molecule has 7 nitrogen and oxygen atoms in total. The number of ether oxygens (including phenoxy) is 2. The van der Waals surface area contributed by atoms with Crippen LogP contribution in [0, 0.1) is 0 Å². The number of halogens is 1. The summed E-state index contributed by atoms with van der Waals surface area (Å²) < 4.78 is 10.2. The molecule has 0 aliphatic rings. The summed E-state index contributed by atoms with van der Waals surface area (Å²) >= 11 is 5.92. The summed E-state index contributed by atoms with van der Waals surface area (Å²) in [5, 5.41) is 5.56. The lowest BCUT2D eigenvalue weighted by Crippen LogP contribution is -2.22. The van der Waals surface area contributed by atoms with Gasteiger partial charge in [-0.05, 0) is 42.5 Å². The van der Waals surface area contributed by atoms with Gasteiger partial charge in [-0.3, -0.25) is 14.4 Å². The topological polar surface area (TPSA) is 93.7 Å². The lowest BCUT2D eigenvalue weighted by molar-refractivity contribution is -0.146. The number of amides is 2. The Bertz CT molecular complexity index is 836. The maximum absolute atomic E-state index is 12.0. The predicted molar refractivity (Wildman–Crippen MR) is 101 cm³/mol. The van der Waals surface area contributed by atoms with E-state index in [1.54, 1.807) is 42.5 Å². The van der Waals surface area contributed by atoms with Gasteiger partial charge in [0.05, 0.1) is 13.5 Å². The van der Waals surface area contributed by atoms with Crippen LogP contribution >= 0.6 is 11.6 Å². The van der Waals surface area contributed by atoms with E-state index in [1.807, 2.05) is 0 Å². The Labute approximate surface area is 161 Å². The number of hydrogen-bond acceptors (Lipinski definition) is 5. The van der Waals surface area contributed by atoms with Crippen LogP contribution < -0.4 is 15.4 Å². The van der Waals surface area contributed by atoms with Crippen molar-refractivity contribution in [3.8, 4) is 5.75 Å². The van der Waals surface area contributed by atoms with Gasteiger partial charge in [-0.25, -0.2) is 0 Å². The van der Waals surface area contributed by atoms with Gasteiger partial charge < -0.3 is 20.1 Å². The maximum atomic E-state index is 12.0. The van der Waals surface area contributed by atoms with Gasteiger partial charge in [-0.1, -0.05) is 11.6 Å². The third kappa shape index (κ3) is 6.00. The van der Waals surface area contributed by atoms with Gasteiger partial charge in [0.15, 0.2) is 6.61 Å². The Balaban J connectivity index is 1.85. The minimum absolute atomic E-state index is 0.0716. The molecule has 8 heteroatoms. The maximum Gasteiger partial charge on any atom is 0.310 e. The molecule has 0 atom stereocenters. The van der Waals surface area contributed by atoms with E-state index in [-0.39, 0.29) is 12.3 Å². The van der Waals surface area contributed by atoms with Crippen LogP contribution in [0.4, 0.5) is 5.69 Å². The first-order chi connectivity index (χ1) is 12.9. The van der Waals surface area contributed by atoms with E-state index in [0.29, 0.717) is 27.6 Å². The van der Waals surface area contributed by atoms with Gasteiger partial charge in [0, 0.05) is 28.9 Å². The molecule has 2 rings (SSSR count). The monoisotopic (exact) mass is 390 g/mol. The zero-order valence-corrected chi connectivity index (χ0v) is 15.6. The van der Waals surface area contributed by atoms with E-state index >= 15 is 0 Å². The van der Waals surface area contributed by atoms with Crippen molar-refractivity contribution in [2.75, 3.05) is 26.1 Å². The average Bonchev–Trinajstić information content (AvgIpc) is 2.66. The summed E-state index contributed by atoms with van der Waals surface area (Å²) in [5.41, 5.74) is 1.53. The average molecular weight is 391 g/mol. The Hall–Kier alpha value is -3.06. The van der Waals surface area contributed by atoms with Crippen molar-refractivity contribution in [3.05, 3.63) is 58.6 Å². The van der Waals surface area contributed by atoms with E-state index in [4.69, 9.17) is 21.1 Å². The molecule has 0 heterocycles. The summed E-state index contributed by atoms with van der Waals surface area (Å²) in [6.07, 6.45) is -0.0716. The second-order valence-electron chi connectivity index (χ2n) is 5.50. The van der Waals surface area contributed by atoms with Crippen molar-refractivity contribution >= 4 is 35.1 Å². The number of rotatable bonds is 7. The molecule has 2 N–H and O–H groups in total. The summed E-state index contributed by atoms with van der Waals surface area (Å²) in [6, 6.07) is 11.2.